The van der Waals surface area contributed by atoms with Gasteiger partial charge in [0.25, 0.3) is 11.8 Å². The van der Waals surface area contributed by atoms with Gasteiger partial charge in [0.1, 0.15) is 11.6 Å². The zero-order valence-corrected chi connectivity index (χ0v) is 14.3. The lowest BCUT2D eigenvalue weighted by Crippen LogP contribution is -2.26. The number of rotatable bonds is 5. The Balaban J connectivity index is 1.71. The van der Waals surface area contributed by atoms with E-state index in [2.05, 4.69) is 10.4 Å². The third kappa shape index (κ3) is 3.80. The van der Waals surface area contributed by atoms with Gasteiger partial charge >= 0.3 is 0 Å². The molecule has 0 unspecified atom stereocenters. The summed E-state index contributed by atoms with van der Waals surface area (Å²) in [5.74, 6) is -0.631. The second kappa shape index (κ2) is 7.22. The molecule has 0 atom stereocenters. The summed E-state index contributed by atoms with van der Waals surface area (Å²) in [6.07, 6.45) is 1.40. The molecule has 0 aliphatic carbocycles. The number of nitrogens with zero attached hydrogens (tertiary/aromatic N) is 3. The lowest BCUT2D eigenvalue weighted by molar-refractivity contribution is 0.0778. The summed E-state index contributed by atoms with van der Waals surface area (Å²) in [7, 11) is 3.21. The first-order chi connectivity index (χ1) is 12.4. The summed E-state index contributed by atoms with van der Waals surface area (Å²) >= 11 is 0. The molecule has 1 aromatic carbocycles. The summed E-state index contributed by atoms with van der Waals surface area (Å²) in [5.41, 5.74) is 0.837. The van der Waals surface area contributed by atoms with Gasteiger partial charge in [-0.3, -0.25) is 14.3 Å². The maximum absolute atomic E-state index is 13.3. The maximum atomic E-state index is 13.3. The number of benzene rings is 1. The van der Waals surface area contributed by atoms with Crippen molar-refractivity contribution < 1.29 is 18.4 Å². The normalized spacial score (nSPS) is 10.6. The molecule has 0 aliphatic heterocycles. The molecule has 7 nitrogen and oxygen atoms in total. The van der Waals surface area contributed by atoms with Gasteiger partial charge in [-0.05, 0) is 29.8 Å². The zero-order chi connectivity index (χ0) is 18.7. The number of amides is 2. The van der Waals surface area contributed by atoms with Crippen LogP contribution in [0.4, 0.5) is 10.2 Å². The Hall–Kier alpha value is -3.42. The Morgan fingerprint density at radius 1 is 1.27 bits per heavy atom. The fourth-order valence-electron chi connectivity index (χ4n) is 2.45. The van der Waals surface area contributed by atoms with Crippen molar-refractivity contribution in [2.45, 2.75) is 6.54 Å². The van der Waals surface area contributed by atoms with Crippen molar-refractivity contribution in [2.24, 2.45) is 7.05 Å². The van der Waals surface area contributed by atoms with Crippen LogP contribution in [0, 0.1) is 5.82 Å². The molecule has 2 amide bonds. The Bertz CT molecular complexity index is 934. The molecule has 2 heterocycles. The number of halogens is 1. The number of carbonyl (C=O) groups excluding carboxylic acids is 2. The highest BCUT2D eigenvalue weighted by atomic mass is 19.1. The highest BCUT2D eigenvalue weighted by molar-refractivity contribution is 6.02. The second-order valence-electron chi connectivity index (χ2n) is 5.76. The maximum Gasteiger partial charge on any atom is 0.292 e. The molecule has 3 aromatic rings. The van der Waals surface area contributed by atoms with Gasteiger partial charge in [0.05, 0.1) is 6.26 Å². The van der Waals surface area contributed by atoms with Crippen molar-refractivity contribution in [3.63, 3.8) is 0 Å². The fraction of sp³-hybridized carbons (Fsp3) is 0.167. The van der Waals surface area contributed by atoms with E-state index in [0.29, 0.717) is 11.4 Å². The molecule has 0 saturated heterocycles. The van der Waals surface area contributed by atoms with E-state index in [9.17, 15) is 14.0 Å². The lowest BCUT2D eigenvalue weighted by atomic mass is 10.2. The molecule has 0 bridgehead atoms. The van der Waals surface area contributed by atoms with Crippen LogP contribution >= 0.6 is 0 Å². The van der Waals surface area contributed by atoms with Crippen LogP contribution in [0.15, 0.2) is 53.1 Å². The van der Waals surface area contributed by atoms with E-state index < -0.39 is 5.91 Å². The smallest absolute Gasteiger partial charge is 0.292 e. The highest BCUT2D eigenvalue weighted by Crippen LogP contribution is 2.14. The first-order valence-electron chi connectivity index (χ1n) is 7.83. The summed E-state index contributed by atoms with van der Waals surface area (Å²) in [6, 6.07) is 10.7. The first-order valence-corrected chi connectivity index (χ1v) is 7.83. The molecule has 3 rings (SSSR count). The van der Waals surface area contributed by atoms with Gasteiger partial charge in [-0.1, -0.05) is 12.1 Å². The molecule has 0 spiro atoms. The Kier molecular flexibility index (Phi) is 4.83. The number of anilines is 1. The summed E-state index contributed by atoms with van der Waals surface area (Å²) in [6.45, 7) is 0.237. The molecule has 0 radical (unpaired) electrons. The quantitative estimate of drug-likeness (QED) is 0.762. The van der Waals surface area contributed by atoms with Gasteiger partial charge in [-0.15, -0.1) is 0 Å². The Morgan fingerprint density at radius 3 is 2.77 bits per heavy atom. The Labute approximate surface area is 149 Å². The predicted octanol–water partition coefficient (Wildman–Crippen LogP) is 2.68. The van der Waals surface area contributed by atoms with Crippen LogP contribution in [-0.2, 0) is 13.6 Å². The number of hydrogen-bond donors (Lipinski definition) is 1. The van der Waals surface area contributed by atoms with Crippen LogP contribution in [-0.4, -0.2) is 33.5 Å². The molecule has 0 aliphatic rings. The van der Waals surface area contributed by atoms with Crippen molar-refractivity contribution in [2.75, 3.05) is 12.4 Å². The van der Waals surface area contributed by atoms with E-state index in [1.165, 1.54) is 40.1 Å². The van der Waals surface area contributed by atoms with E-state index in [4.69, 9.17) is 4.42 Å². The van der Waals surface area contributed by atoms with Gasteiger partial charge in [0.15, 0.2) is 11.5 Å². The van der Waals surface area contributed by atoms with Crippen molar-refractivity contribution >= 4 is 17.6 Å². The molecular formula is C18H17FN4O3. The number of aryl methyl sites for hydroxylation is 1. The molecule has 0 saturated carbocycles. The molecule has 134 valence electrons. The number of hydrogen-bond acceptors (Lipinski definition) is 4. The minimum absolute atomic E-state index is 0.155. The van der Waals surface area contributed by atoms with Crippen LogP contribution in [0.2, 0.25) is 0 Å². The predicted molar refractivity (Wildman–Crippen MR) is 92.1 cm³/mol. The SMILES string of the molecule is CN(Cc1cccc(F)c1)C(=O)c1cc(NC(=O)c2ccco2)n(C)n1. The van der Waals surface area contributed by atoms with Crippen LogP contribution < -0.4 is 5.32 Å². The van der Waals surface area contributed by atoms with Gasteiger partial charge in [0, 0.05) is 26.7 Å². The number of furan rings is 1. The molecule has 1 N–H and O–H groups in total. The van der Waals surface area contributed by atoms with E-state index >= 15 is 0 Å². The van der Waals surface area contributed by atoms with Gasteiger partial charge in [-0.25, -0.2) is 4.39 Å². The third-order valence-electron chi connectivity index (χ3n) is 3.74. The van der Waals surface area contributed by atoms with Crippen molar-refractivity contribution in [3.05, 3.63) is 71.6 Å². The van der Waals surface area contributed by atoms with Crippen LogP contribution in [0.25, 0.3) is 0 Å². The van der Waals surface area contributed by atoms with E-state index in [0.717, 1.165) is 0 Å². The van der Waals surface area contributed by atoms with Crippen LogP contribution in [0.1, 0.15) is 26.6 Å². The monoisotopic (exact) mass is 356 g/mol. The number of carbonyl (C=O) groups is 2. The van der Waals surface area contributed by atoms with Gasteiger partial charge in [0.2, 0.25) is 0 Å². The molecule has 8 heteroatoms. The highest BCUT2D eigenvalue weighted by Gasteiger charge is 2.19. The molecule has 2 aromatic heterocycles. The lowest BCUT2D eigenvalue weighted by Gasteiger charge is -2.15. The minimum Gasteiger partial charge on any atom is -0.459 e. The second-order valence-corrected chi connectivity index (χ2v) is 5.76. The Morgan fingerprint density at radius 2 is 2.08 bits per heavy atom. The van der Waals surface area contributed by atoms with Gasteiger partial charge in [-0.2, -0.15) is 5.10 Å². The largest absolute Gasteiger partial charge is 0.459 e. The molecule has 26 heavy (non-hydrogen) atoms. The van der Waals surface area contributed by atoms with E-state index in [-0.39, 0.29) is 29.7 Å². The van der Waals surface area contributed by atoms with E-state index in [1.807, 2.05) is 0 Å². The zero-order valence-electron chi connectivity index (χ0n) is 14.3. The minimum atomic E-state index is -0.440. The summed E-state index contributed by atoms with van der Waals surface area (Å²) < 4.78 is 19.7. The molecular weight excluding hydrogens is 339 g/mol. The van der Waals surface area contributed by atoms with E-state index in [1.54, 1.807) is 32.3 Å². The number of aromatic nitrogens is 2. The van der Waals surface area contributed by atoms with Crippen molar-refractivity contribution in [1.82, 2.24) is 14.7 Å². The topological polar surface area (TPSA) is 80.4 Å². The van der Waals surface area contributed by atoms with Crippen molar-refractivity contribution in [3.8, 4) is 0 Å². The third-order valence-corrected chi connectivity index (χ3v) is 3.74. The fourth-order valence-corrected chi connectivity index (χ4v) is 2.45. The van der Waals surface area contributed by atoms with Crippen LogP contribution in [0.3, 0.4) is 0 Å². The summed E-state index contributed by atoms with van der Waals surface area (Å²) in [5, 5.41) is 6.76. The van der Waals surface area contributed by atoms with Crippen molar-refractivity contribution in [1.29, 1.82) is 0 Å². The van der Waals surface area contributed by atoms with Gasteiger partial charge < -0.3 is 14.6 Å². The first kappa shape index (κ1) is 17.4. The molecule has 0 fully saturated rings. The standard InChI is InChI=1S/C18H17FN4O3/c1-22(11-12-5-3-6-13(19)9-12)18(25)14-10-16(23(2)21-14)20-17(24)15-7-4-8-26-15/h3-10H,11H2,1-2H3,(H,20,24). The average molecular weight is 356 g/mol. The van der Waals surface area contributed by atoms with Crippen LogP contribution in [0.5, 0.6) is 0 Å². The average Bonchev–Trinajstić information content (AvgIpc) is 3.25. The summed E-state index contributed by atoms with van der Waals surface area (Å²) in [4.78, 5) is 26.0. The number of nitrogens with one attached hydrogen (secondary N) is 1.